The first-order chi connectivity index (χ1) is 14.5. The van der Waals surface area contributed by atoms with E-state index in [2.05, 4.69) is 88.4 Å². The summed E-state index contributed by atoms with van der Waals surface area (Å²) < 4.78 is 5.58. The molecule has 2 heteroatoms. The lowest BCUT2D eigenvalue weighted by Gasteiger charge is -2.11. The first-order valence-corrected chi connectivity index (χ1v) is 12.0. The molecule has 146 valence electrons. The molecule has 6 rings (SSSR count). The third-order valence-electron chi connectivity index (χ3n) is 6.32. The van der Waals surface area contributed by atoms with E-state index in [1.54, 1.807) is 0 Å². The summed E-state index contributed by atoms with van der Waals surface area (Å²) in [5, 5.41) is 5.61. The molecular weight excluding hydrogens is 400 g/mol. The van der Waals surface area contributed by atoms with Crippen molar-refractivity contribution in [3.05, 3.63) is 82.9 Å². The van der Waals surface area contributed by atoms with Gasteiger partial charge in [-0.1, -0.05) is 42.5 Å². The van der Waals surface area contributed by atoms with E-state index in [4.69, 9.17) is 0 Å². The van der Waals surface area contributed by atoms with Crippen LogP contribution in [0.2, 0.25) is 0 Å². The molecule has 30 heavy (non-hydrogen) atoms. The van der Waals surface area contributed by atoms with Crippen LogP contribution in [0.4, 0.5) is 0 Å². The van der Waals surface area contributed by atoms with Crippen LogP contribution in [0, 0.1) is 27.7 Å². The van der Waals surface area contributed by atoms with Crippen molar-refractivity contribution in [2.45, 2.75) is 27.7 Å². The molecule has 0 saturated heterocycles. The van der Waals surface area contributed by atoms with Crippen molar-refractivity contribution in [3.8, 4) is 11.1 Å². The molecule has 0 N–H and O–H groups in total. The van der Waals surface area contributed by atoms with Gasteiger partial charge in [0.05, 0.1) is 0 Å². The van der Waals surface area contributed by atoms with E-state index in [0.717, 1.165) is 0 Å². The Morgan fingerprint density at radius 2 is 1.37 bits per heavy atom. The summed E-state index contributed by atoms with van der Waals surface area (Å²) in [6.45, 7) is 8.97. The van der Waals surface area contributed by atoms with Crippen molar-refractivity contribution in [3.63, 3.8) is 0 Å². The minimum absolute atomic E-state index is 1.32. The number of benzene rings is 4. The third-order valence-corrected chi connectivity index (χ3v) is 8.71. The van der Waals surface area contributed by atoms with Crippen LogP contribution in [0.15, 0.2) is 60.7 Å². The van der Waals surface area contributed by atoms with Gasteiger partial charge < -0.3 is 0 Å². The second-order valence-corrected chi connectivity index (χ2v) is 10.6. The average molecular weight is 423 g/mol. The number of fused-ring (bicyclic) bond motifs is 6. The summed E-state index contributed by atoms with van der Waals surface area (Å²) in [5.74, 6) is 0. The third kappa shape index (κ3) is 2.50. The number of aryl methyl sites for hydroxylation is 4. The highest BCUT2D eigenvalue weighted by Crippen LogP contribution is 2.43. The quantitative estimate of drug-likeness (QED) is 0.247. The van der Waals surface area contributed by atoms with Crippen LogP contribution in [0.5, 0.6) is 0 Å². The normalized spacial score (nSPS) is 12.0. The van der Waals surface area contributed by atoms with Gasteiger partial charge in [-0.2, -0.15) is 0 Å². The van der Waals surface area contributed by atoms with Crippen molar-refractivity contribution in [2.75, 3.05) is 0 Å². The van der Waals surface area contributed by atoms with E-state index < -0.39 is 0 Å². The molecule has 4 aromatic carbocycles. The van der Waals surface area contributed by atoms with Gasteiger partial charge in [-0.05, 0) is 79.3 Å². The van der Waals surface area contributed by atoms with Crippen LogP contribution in [-0.2, 0) is 0 Å². The highest BCUT2D eigenvalue weighted by atomic mass is 32.1. The molecular formula is C28H22S2. The van der Waals surface area contributed by atoms with E-state index in [-0.39, 0.29) is 0 Å². The lowest BCUT2D eigenvalue weighted by Crippen LogP contribution is -1.87. The van der Waals surface area contributed by atoms with Gasteiger partial charge in [0.15, 0.2) is 0 Å². The molecule has 0 aliphatic carbocycles. The van der Waals surface area contributed by atoms with Crippen molar-refractivity contribution in [2.24, 2.45) is 0 Å². The zero-order chi connectivity index (χ0) is 20.6. The molecule has 0 aliphatic rings. The van der Waals surface area contributed by atoms with E-state index in [1.165, 1.54) is 73.7 Å². The lowest BCUT2D eigenvalue weighted by atomic mass is 9.94. The number of rotatable bonds is 1. The van der Waals surface area contributed by atoms with Gasteiger partial charge in [-0.15, -0.1) is 22.7 Å². The Labute approximate surface area is 184 Å². The molecule has 0 atom stereocenters. The lowest BCUT2D eigenvalue weighted by molar-refractivity contribution is 1.44. The van der Waals surface area contributed by atoms with Crippen molar-refractivity contribution >= 4 is 63.0 Å². The Bertz CT molecular complexity index is 1630. The molecule has 0 aliphatic heterocycles. The molecule has 0 nitrogen and oxygen atoms in total. The first kappa shape index (κ1) is 18.1. The van der Waals surface area contributed by atoms with Crippen LogP contribution in [0.3, 0.4) is 0 Å². The van der Waals surface area contributed by atoms with Gasteiger partial charge in [-0.3, -0.25) is 0 Å². The number of hydrogen-bond acceptors (Lipinski definition) is 2. The largest absolute Gasteiger partial charge is 0.135 e. The molecule has 2 aromatic heterocycles. The molecule has 0 bridgehead atoms. The summed E-state index contributed by atoms with van der Waals surface area (Å²) in [7, 11) is 0. The molecule has 0 fully saturated rings. The Balaban J connectivity index is 1.63. The topological polar surface area (TPSA) is 0 Å². The van der Waals surface area contributed by atoms with Crippen molar-refractivity contribution in [1.82, 2.24) is 0 Å². The SMILES string of the molecule is Cc1cc(C)c2c(c1)sc1cc(-c3cc(C)c4c(sc5ccccc54)c3C)ccc12. The molecule has 6 aromatic rings. The minimum Gasteiger partial charge on any atom is -0.135 e. The predicted octanol–water partition coefficient (Wildman–Crippen LogP) is 9.32. The molecule has 0 unspecified atom stereocenters. The first-order valence-electron chi connectivity index (χ1n) is 10.4. The van der Waals surface area contributed by atoms with Crippen molar-refractivity contribution in [1.29, 1.82) is 0 Å². The maximum Gasteiger partial charge on any atom is 0.0393 e. The van der Waals surface area contributed by atoms with Gasteiger partial charge in [0.2, 0.25) is 0 Å². The zero-order valence-corrected chi connectivity index (χ0v) is 19.2. The average Bonchev–Trinajstić information content (AvgIpc) is 3.28. The number of thiophene rings is 2. The molecule has 0 saturated carbocycles. The second-order valence-electron chi connectivity index (χ2n) is 8.44. The van der Waals surface area contributed by atoms with Gasteiger partial charge in [0.1, 0.15) is 0 Å². The molecule has 0 spiro atoms. The molecule has 2 heterocycles. The van der Waals surface area contributed by atoms with Gasteiger partial charge in [0.25, 0.3) is 0 Å². The Kier molecular flexibility index (Phi) is 3.87. The highest BCUT2D eigenvalue weighted by molar-refractivity contribution is 7.26. The number of hydrogen-bond donors (Lipinski definition) is 0. The summed E-state index contributed by atoms with van der Waals surface area (Å²) in [6, 6.07) is 22.8. The van der Waals surface area contributed by atoms with E-state index in [0.29, 0.717) is 0 Å². The minimum atomic E-state index is 1.32. The smallest absolute Gasteiger partial charge is 0.0393 e. The van der Waals surface area contributed by atoms with Crippen LogP contribution in [0.1, 0.15) is 22.3 Å². The van der Waals surface area contributed by atoms with E-state index in [1.807, 2.05) is 22.7 Å². The van der Waals surface area contributed by atoms with Crippen LogP contribution in [0.25, 0.3) is 51.5 Å². The van der Waals surface area contributed by atoms with Crippen LogP contribution >= 0.6 is 22.7 Å². The van der Waals surface area contributed by atoms with Crippen LogP contribution < -0.4 is 0 Å². The van der Waals surface area contributed by atoms with E-state index in [9.17, 15) is 0 Å². The maximum atomic E-state index is 2.40. The summed E-state index contributed by atoms with van der Waals surface area (Å²) in [5.41, 5.74) is 8.16. The highest BCUT2D eigenvalue weighted by Gasteiger charge is 2.15. The van der Waals surface area contributed by atoms with Crippen molar-refractivity contribution < 1.29 is 0 Å². The fraction of sp³-hybridized carbons (Fsp3) is 0.143. The predicted molar refractivity (Wildman–Crippen MR) is 137 cm³/mol. The maximum absolute atomic E-state index is 2.40. The molecule has 0 amide bonds. The zero-order valence-electron chi connectivity index (χ0n) is 17.6. The Morgan fingerprint density at radius 1 is 0.600 bits per heavy atom. The second kappa shape index (κ2) is 6.41. The fourth-order valence-electron chi connectivity index (χ4n) is 4.97. The molecule has 0 radical (unpaired) electrons. The Hall–Kier alpha value is -2.68. The monoisotopic (exact) mass is 422 g/mol. The Morgan fingerprint density at radius 3 is 2.23 bits per heavy atom. The fourth-order valence-corrected chi connectivity index (χ4v) is 7.58. The summed E-state index contributed by atoms with van der Waals surface area (Å²) in [6.07, 6.45) is 0. The van der Waals surface area contributed by atoms with Crippen LogP contribution in [-0.4, -0.2) is 0 Å². The standard InChI is InChI=1S/C28H22S2/c1-15-11-16(2)26-21-10-9-19(14-24(21)29-25(26)12-15)22-13-17(3)27-20-7-5-6-8-23(20)30-28(27)18(22)4/h5-14H,1-4H3. The van der Waals surface area contributed by atoms with Gasteiger partial charge in [0, 0.05) is 40.3 Å². The van der Waals surface area contributed by atoms with Gasteiger partial charge >= 0.3 is 0 Å². The van der Waals surface area contributed by atoms with Gasteiger partial charge in [-0.25, -0.2) is 0 Å². The summed E-state index contributed by atoms with van der Waals surface area (Å²) >= 11 is 3.84. The van der Waals surface area contributed by atoms with E-state index >= 15 is 0 Å². The summed E-state index contributed by atoms with van der Waals surface area (Å²) in [4.78, 5) is 0.